The van der Waals surface area contributed by atoms with Gasteiger partial charge in [-0.15, -0.1) is 0 Å². The average Bonchev–Trinajstić information content (AvgIpc) is 1.51. The summed E-state index contributed by atoms with van der Waals surface area (Å²) in [6.07, 6.45) is 3.84. The van der Waals surface area contributed by atoms with Crippen molar-refractivity contribution in [1.29, 1.82) is 0 Å². The second kappa shape index (κ2) is 22.7. The number of aromatic nitrogens is 2. The molecule has 4 heterocycles. The standard InChI is InChI=1S/C94H70N4/c1-7-61-37-41-73(42-38-61)95(77-51-67(63-25-13-9-14-26-63)49-68(52-77)64-27-15-10-16-28-64)75-45-47-87-79(59-75)81-55-71(57-85-91(81)97(87)89-35-23-21-33-83(89)93(85,3)4)72-56-82-80-60-76(46-48-88(80)98-90-36-24-22-34-84(90)94(5,6)86(58-72)92(82)98)96(74-43-39-62(8-2)40-44-74)78-53-69(65-29-17-11-18-30-65)50-70(54-78)66-31-19-12-20-32-66/h7-60H,1-2H2,3-6H3. The van der Waals surface area contributed by atoms with E-state index in [1.54, 1.807) is 0 Å². The van der Waals surface area contributed by atoms with Gasteiger partial charge >= 0.3 is 0 Å². The molecule has 0 fully saturated rings. The van der Waals surface area contributed by atoms with Crippen molar-refractivity contribution in [3.63, 3.8) is 0 Å². The molecule has 2 aliphatic rings. The molecule has 0 N–H and O–H groups in total. The van der Waals surface area contributed by atoms with Crippen LogP contribution in [0, 0.1) is 0 Å². The molecular formula is C94H70N4. The first-order valence-corrected chi connectivity index (χ1v) is 34.0. The highest BCUT2D eigenvalue weighted by atomic mass is 15.2. The molecule has 98 heavy (non-hydrogen) atoms. The minimum Gasteiger partial charge on any atom is -0.310 e. The van der Waals surface area contributed by atoms with Crippen molar-refractivity contribution >= 4 is 89.9 Å². The fraction of sp³-hybridized carbons (Fsp3) is 0.0638. The van der Waals surface area contributed by atoms with E-state index >= 15 is 0 Å². The molecular weight excluding hydrogens is 1190 g/mol. The highest BCUT2D eigenvalue weighted by Gasteiger charge is 2.39. The van der Waals surface area contributed by atoms with Gasteiger partial charge < -0.3 is 18.9 Å². The molecule has 0 unspecified atom stereocenters. The summed E-state index contributed by atoms with van der Waals surface area (Å²) in [7, 11) is 0. The van der Waals surface area contributed by atoms with Crippen LogP contribution in [0.1, 0.15) is 61.1 Å². The molecule has 2 aromatic heterocycles. The lowest BCUT2D eigenvalue weighted by atomic mass is 9.72. The molecule has 4 nitrogen and oxygen atoms in total. The van der Waals surface area contributed by atoms with Crippen LogP contribution in [0.25, 0.3) is 123 Å². The minimum absolute atomic E-state index is 0.351. The number of anilines is 6. The smallest absolute Gasteiger partial charge is 0.0582 e. The fourth-order valence-electron chi connectivity index (χ4n) is 16.1. The maximum atomic E-state index is 4.15. The van der Waals surface area contributed by atoms with Crippen molar-refractivity contribution in [2.24, 2.45) is 0 Å². The number of fused-ring (bicyclic) bond motifs is 10. The molecule has 0 aliphatic carbocycles. The summed E-state index contributed by atoms with van der Waals surface area (Å²) in [5.41, 5.74) is 31.9. The van der Waals surface area contributed by atoms with E-state index in [9.17, 15) is 0 Å². The lowest BCUT2D eigenvalue weighted by Gasteiger charge is -2.36. The van der Waals surface area contributed by atoms with E-state index in [2.05, 4.69) is 375 Å². The largest absolute Gasteiger partial charge is 0.310 e. The number of hydrogen-bond acceptors (Lipinski definition) is 2. The Morgan fingerprint density at radius 3 is 0.898 bits per heavy atom. The van der Waals surface area contributed by atoms with Crippen LogP contribution in [0.2, 0.25) is 0 Å². The molecule has 466 valence electrons. The Hall–Kier alpha value is -12.2. The van der Waals surface area contributed by atoms with Crippen molar-refractivity contribution in [3.8, 4) is 67.0 Å². The first kappa shape index (κ1) is 58.3. The van der Waals surface area contributed by atoms with Crippen LogP contribution in [-0.2, 0) is 10.8 Å². The Balaban J connectivity index is 0.886. The van der Waals surface area contributed by atoms with E-state index in [1.165, 1.54) is 88.4 Å². The molecule has 0 atom stereocenters. The van der Waals surface area contributed by atoms with Gasteiger partial charge in [0.2, 0.25) is 0 Å². The van der Waals surface area contributed by atoms with E-state index in [1.807, 2.05) is 12.2 Å². The summed E-state index contributed by atoms with van der Waals surface area (Å²) in [6.45, 7) is 18.0. The second-order valence-corrected chi connectivity index (χ2v) is 27.5. The maximum absolute atomic E-state index is 4.15. The molecule has 14 aromatic carbocycles. The van der Waals surface area contributed by atoms with Crippen LogP contribution in [0.15, 0.2) is 329 Å². The SMILES string of the molecule is C=Cc1ccc(N(c2cc(-c3ccccc3)cc(-c3ccccc3)c2)c2ccc3c(c2)c2cc(-c4cc5c6c(c4)c4cc(N(c7ccc(C=C)cc7)c7cc(-c8ccccc8)cc(-c8ccccc8)c7)ccc4n6-c4ccccc4C5(C)C)cc4c2n3-c2ccccc2C4(C)C)cc1. The van der Waals surface area contributed by atoms with E-state index < -0.39 is 0 Å². The molecule has 0 spiro atoms. The van der Waals surface area contributed by atoms with Gasteiger partial charge in [0.15, 0.2) is 0 Å². The topological polar surface area (TPSA) is 16.3 Å². The van der Waals surface area contributed by atoms with Gasteiger partial charge in [-0.3, -0.25) is 0 Å². The highest BCUT2D eigenvalue weighted by Crippen LogP contribution is 2.54. The number of nitrogens with zero attached hydrogens (tertiary/aromatic N) is 4. The number of benzene rings is 14. The summed E-state index contributed by atoms with van der Waals surface area (Å²) in [5, 5.41) is 4.81. The predicted molar refractivity (Wildman–Crippen MR) is 416 cm³/mol. The Kier molecular flexibility index (Phi) is 13.5. The van der Waals surface area contributed by atoms with Gasteiger partial charge in [-0.2, -0.15) is 0 Å². The highest BCUT2D eigenvalue weighted by molar-refractivity contribution is 6.17. The van der Waals surface area contributed by atoms with Crippen molar-refractivity contribution in [2.45, 2.75) is 38.5 Å². The summed E-state index contributed by atoms with van der Waals surface area (Å²) in [5.74, 6) is 0. The van der Waals surface area contributed by atoms with Crippen molar-refractivity contribution in [1.82, 2.24) is 9.13 Å². The van der Waals surface area contributed by atoms with Crippen LogP contribution in [0.3, 0.4) is 0 Å². The van der Waals surface area contributed by atoms with Gasteiger partial charge in [0.25, 0.3) is 0 Å². The summed E-state index contributed by atoms with van der Waals surface area (Å²) in [6, 6.07) is 117. The predicted octanol–water partition coefficient (Wildman–Crippen LogP) is 25.7. The molecule has 2 aliphatic heterocycles. The molecule has 0 amide bonds. The quantitative estimate of drug-likeness (QED) is 0.114. The Bertz CT molecular complexity index is 5390. The average molecular weight is 1260 g/mol. The maximum Gasteiger partial charge on any atom is 0.0582 e. The molecule has 18 rings (SSSR count). The van der Waals surface area contributed by atoms with Gasteiger partial charge in [0, 0.05) is 66.5 Å². The van der Waals surface area contributed by atoms with Crippen molar-refractivity contribution in [2.75, 3.05) is 9.80 Å². The zero-order valence-corrected chi connectivity index (χ0v) is 55.4. The van der Waals surface area contributed by atoms with Gasteiger partial charge in [0.1, 0.15) is 0 Å². The van der Waals surface area contributed by atoms with E-state index in [0.29, 0.717) is 0 Å². The van der Waals surface area contributed by atoms with Crippen LogP contribution in [-0.4, -0.2) is 9.13 Å². The van der Waals surface area contributed by atoms with E-state index in [-0.39, 0.29) is 10.8 Å². The molecule has 4 heteroatoms. The minimum atomic E-state index is -0.351. The van der Waals surface area contributed by atoms with Crippen LogP contribution < -0.4 is 9.80 Å². The fourth-order valence-corrected chi connectivity index (χ4v) is 16.1. The van der Waals surface area contributed by atoms with Gasteiger partial charge in [-0.1, -0.05) is 235 Å². The Morgan fingerprint density at radius 2 is 0.561 bits per heavy atom. The Morgan fingerprint density at radius 1 is 0.255 bits per heavy atom. The third-order valence-electron chi connectivity index (χ3n) is 21.1. The number of para-hydroxylation sites is 2. The molecule has 0 bridgehead atoms. The number of hydrogen-bond donors (Lipinski definition) is 0. The van der Waals surface area contributed by atoms with Crippen LogP contribution >= 0.6 is 0 Å². The zero-order chi connectivity index (χ0) is 66.0. The third kappa shape index (κ3) is 9.35. The zero-order valence-electron chi connectivity index (χ0n) is 55.4. The van der Waals surface area contributed by atoms with E-state index in [4.69, 9.17) is 0 Å². The molecule has 0 saturated heterocycles. The summed E-state index contributed by atoms with van der Waals surface area (Å²) in [4.78, 5) is 4.89. The monoisotopic (exact) mass is 1250 g/mol. The second-order valence-electron chi connectivity index (χ2n) is 27.5. The third-order valence-corrected chi connectivity index (χ3v) is 21.1. The van der Waals surface area contributed by atoms with Crippen molar-refractivity contribution < 1.29 is 0 Å². The van der Waals surface area contributed by atoms with Crippen LogP contribution in [0.4, 0.5) is 34.1 Å². The lowest BCUT2D eigenvalue weighted by Crippen LogP contribution is -2.26. The van der Waals surface area contributed by atoms with Crippen molar-refractivity contribution in [3.05, 3.63) is 362 Å². The molecule has 0 saturated carbocycles. The molecule has 16 aromatic rings. The molecule has 0 radical (unpaired) electrons. The Labute approximate surface area is 572 Å². The lowest BCUT2D eigenvalue weighted by molar-refractivity contribution is 0.629. The summed E-state index contributed by atoms with van der Waals surface area (Å²) < 4.78 is 5.11. The van der Waals surface area contributed by atoms with Gasteiger partial charge in [0.05, 0.1) is 33.4 Å². The van der Waals surface area contributed by atoms with Gasteiger partial charge in [-0.05, 0) is 222 Å². The van der Waals surface area contributed by atoms with E-state index in [0.717, 1.165) is 89.8 Å². The first-order chi connectivity index (χ1) is 48.0. The number of rotatable bonds is 13. The normalized spacial score (nSPS) is 13.1. The first-order valence-electron chi connectivity index (χ1n) is 34.0. The van der Waals surface area contributed by atoms with Gasteiger partial charge in [-0.25, -0.2) is 0 Å². The summed E-state index contributed by atoms with van der Waals surface area (Å²) >= 11 is 0. The van der Waals surface area contributed by atoms with Crippen LogP contribution in [0.5, 0.6) is 0 Å².